The van der Waals surface area contributed by atoms with Gasteiger partial charge in [0.15, 0.2) is 0 Å². The van der Waals surface area contributed by atoms with E-state index in [1.807, 2.05) is 13.8 Å². The molecule has 46 heteroatoms. The first-order valence-corrected chi connectivity index (χ1v) is 50.2. The lowest BCUT2D eigenvalue weighted by Gasteiger charge is -2.36. The van der Waals surface area contributed by atoms with E-state index in [0.29, 0.717) is 69.7 Å². The third-order valence-corrected chi connectivity index (χ3v) is 27.5. The molecule has 5 aliphatic heterocycles. The van der Waals surface area contributed by atoms with E-state index in [9.17, 15) is 53.6 Å². The van der Waals surface area contributed by atoms with Crippen molar-refractivity contribution >= 4 is 164 Å². The molecule has 0 unspecified atom stereocenters. The summed E-state index contributed by atoms with van der Waals surface area (Å²) in [5, 5.41) is 64.8. The zero-order chi connectivity index (χ0) is 105. The number of nitrogens with two attached hydrogens (primary N) is 3. The number of hydrogen-bond acceptors (Lipinski definition) is 25. The van der Waals surface area contributed by atoms with Gasteiger partial charge in [-0.15, -0.1) is 11.8 Å². The fraction of sp³-hybridized carbons (Fsp3) is 0.531. The van der Waals surface area contributed by atoms with Crippen molar-refractivity contribution in [3.8, 4) is 5.75 Å². The van der Waals surface area contributed by atoms with Crippen LogP contribution < -0.4 is 81.1 Å². The summed E-state index contributed by atoms with van der Waals surface area (Å²) >= 11 is 7.76. The van der Waals surface area contributed by atoms with Gasteiger partial charge in [-0.05, 0) is 128 Å². The van der Waals surface area contributed by atoms with Gasteiger partial charge in [0.05, 0.1) is 24.8 Å². The molecule has 43 nitrogen and oxygen atoms in total. The summed E-state index contributed by atoms with van der Waals surface area (Å²) < 4.78 is 7.15. The van der Waals surface area contributed by atoms with Crippen LogP contribution in [0.2, 0.25) is 5.02 Å². The van der Waals surface area contributed by atoms with Crippen LogP contribution >= 0.6 is 23.4 Å². The molecule has 780 valence electrons. The van der Waals surface area contributed by atoms with Crippen LogP contribution in [0.25, 0.3) is 21.8 Å². The smallest absolute Gasteiger partial charge is 0.508 e. The Morgan fingerprint density at radius 2 is 1.22 bits per heavy atom. The Balaban J connectivity index is 1.11. The van der Waals surface area contributed by atoms with Gasteiger partial charge in [0.1, 0.15) is 96.9 Å². The monoisotopic (exact) mass is 2040 g/mol. The molecule has 17 amide bonds. The van der Waals surface area contributed by atoms with Gasteiger partial charge in [0.2, 0.25) is 100 Å². The number of aromatic amines is 1. The molecule has 0 spiro atoms. The number of thioether (sulfide) groups is 1. The number of aliphatic hydroxyl groups is 1. The molecule has 3 saturated heterocycles. The van der Waals surface area contributed by atoms with Gasteiger partial charge in [0, 0.05) is 118 Å². The number of hydrogen-bond donors (Lipinski definition) is 18. The van der Waals surface area contributed by atoms with Gasteiger partial charge < -0.3 is 130 Å². The van der Waals surface area contributed by atoms with Crippen LogP contribution in [-0.4, -0.2) is 319 Å². The highest BCUT2D eigenvalue weighted by Crippen LogP contribution is 2.30. The minimum absolute atomic E-state index is 0.00403. The number of H-pyrrole nitrogens is 1. The summed E-state index contributed by atoms with van der Waals surface area (Å²) in [4.78, 5) is 277. The lowest BCUT2D eigenvalue weighted by atomic mass is 9.79. The number of halogens is 1. The van der Waals surface area contributed by atoms with Crippen molar-refractivity contribution in [3.63, 3.8) is 0 Å². The molecule has 4 aromatic carbocycles. The molecule has 6 bridgehead atoms. The fourth-order valence-corrected chi connectivity index (χ4v) is 19.3. The number of nitrogens with zero attached hydrogens (tertiary/aromatic N) is 6. The van der Waals surface area contributed by atoms with Gasteiger partial charge in [0.25, 0.3) is 0 Å². The summed E-state index contributed by atoms with van der Waals surface area (Å²) in [6, 6.07) is 1.54. The van der Waals surface area contributed by atoms with Crippen LogP contribution in [-0.2, 0) is 123 Å². The van der Waals surface area contributed by atoms with Crippen molar-refractivity contribution in [2.24, 2.45) is 29.0 Å². The van der Waals surface area contributed by atoms with E-state index in [0.717, 1.165) is 31.4 Å². The number of aliphatic hydroxyl groups excluding tert-OH is 1. The first kappa shape index (κ1) is 113. The molecular weight excluding hydrogens is 1900 g/mol. The van der Waals surface area contributed by atoms with Crippen molar-refractivity contribution in [1.82, 2.24) is 92.5 Å². The Hall–Kier alpha value is -13.2. The number of fused-ring (bicyclic) bond motifs is 10. The van der Waals surface area contributed by atoms with Crippen molar-refractivity contribution in [2.75, 3.05) is 65.4 Å². The molecule has 0 saturated carbocycles. The number of phenols is 1. The number of carbonyl (C=O) groups is 18. The highest BCUT2D eigenvalue weighted by Gasteiger charge is 2.47. The van der Waals surface area contributed by atoms with Crippen LogP contribution in [0.15, 0.2) is 103 Å². The highest BCUT2D eigenvalue weighted by atomic mass is 35.5. The zero-order valence-corrected chi connectivity index (χ0v) is 84.3. The number of rotatable bonds is 21. The predicted octanol–water partition coefficient (Wildman–Crippen LogP) is -1.59. The molecule has 21 N–H and O–H groups in total. The van der Waals surface area contributed by atoms with E-state index in [1.165, 1.54) is 86.2 Å². The molecule has 0 radical (unpaired) electrons. The average Bonchev–Trinajstić information content (AvgIpc) is 1.63. The van der Waals surface area contributed by atoms with Crippen molar-refractivity contribution in [3.05, 3.63) is 131 Å². The number of para-hydroxylation sites is 2. The SMILES string of the molecule is CCCC[C@H]1C(=O)N(C)[C@@H](CCCC)C(=O)N[C@@H](CC(C)C)C(=O)N[C@H](C(=O)NCC(N)=O)CSCC(=O)N[C@@H](Cc2ccc(O)cc2)C(=O)N(C)[C@@H](C)C(=O)N[C@@H](CC(N)=O)C(=O)N2CCC[C@H]2C(=O)N[C@H]2CNCc3ccc(cc3Cl)B(O)OC(=O)Cn3cc(c4ccccc43)C[C@H](NC(=O)[C@H](CCN)NC(=O)[C@H](Cc3c[nH]c4ccccc34)NC(=O)[C@@H]3C[C@@H](O)CN3C(=O)[C@H](CC(C)C)NC2=O)C(=O)N1C. The van der Waals surface area contributed by atoms with Crippen molar-refractivity contribution in [2.45, 2.75) is 255 Å². The third kappa shape index (κ3) is 30.4. The average molecular weight is 2040 g/mol. The molecule has 5 aliphatic rings. The summed E-state index contributed by atoms with van der Waals surface area (Å²) in [5.74, 6) is -18.9. The number of primary amides is 2. The van der Waals surface area contributed by atoms with Crippen molar-refractivity contribution in [1.29, 1.82) is 0 Å². The fourth-order valence-electron chi connectivity index (χ4n) is 18.2. The number of phenolic OH excluding ortho intramolecular Hbond substituents is 1. The van der Waals surface area contributed by atoms with Gasteiger partial charge in [-0.25, -0.2) is 0 Å². The number of likely N-dealkylation sites (N-methyl/N-ethyl adjacent to an activating group) is 3. The summed E-state index contributed by atoms with van der Waals surface area (Å²) in [6.07, 6.45) is 0.576. The second-order valence-corrected chi connectivity index (χ2v) is 39.4. The number of aromatic hydroxyl groups is 1. The van der Waals surface area contributed by atoms with Gasteiger partial charge in [-0.1, -0.05) is 139 Å². The van der Waals surface area contributed by atoms with E-state index >= 15 is 47.9 Å². The Labute approximate surface area is 844 Å². The van der Waals surface area contributed by atoms with E-state index in [-0.39, 0.29) is 99.6 Å². The lowest BCUT2D eigenvalue weighted by Crippen LogP contribution is -2.62. The molecule has 2 aromatic heterocycles. The van der Waals surface area contributed by atoms with Crippen LogP contribution in [0, 0.1) is 11.8 Å². The molecule has 6 aromatic rings. The second kappa shape index (κ2) is 52.9. The number of carbonyl (C=O) groups excluding carboxylic acids is 18. The summed E-state index contributed by atoms with van der Waals surface area (Å²) in [6.45, 7) is 9.04. The lowest BCUT2D eigenvalue weighted by molar-refractivity contribution is -0.149. The highest BCUT2D eigenvalue weighted by molar-refractivity contribution is 8.00. The summed E-state index contributed by atoms with van der Waals surface area (Å²) in [7, 11) is 1.95. The van der Waals surface area contributed by atoms with Crippen LogP contribution in [0.5, 0.6) is 5.75 Å². The van der Waals surface area contributed by atoms with E-state index in [4.69, 9.17) is 33.5 Å². The molecular formula is C98H135BClN21O22S. The first-order chi connectivity index (χ1) is 68.5. The molecule has 3 fully saturated rings. The van der Waals surface area contributed by atoms with E-state index in [1.54, 1.807) is 82.4 Å². The number of aromatic nitrogens is 2. The molecule has 11 rings (SSSR count). The number of amides is 17. The Morgan fingerprint density at radius 3 is 1.89 bits per heavy atom. The minimum Gasteiger partial charge on any atom is -0.508 e. The molecule has 7 heterocycles. The van der Waals surface area contributed by atoms with E-state index < -0.39 is 267 Å². The number of nitrogens with one attached hydrogen (secondary N) is 12. The normalized spacial score (nSPS) is 24.8. The summed E-state index contributed by atoms with van der Waals surface area (Å²) in [5.41, 5.74) is 20.1. The number of benzene rings is 4. The quantitative estimate of drug-likeness (QED) is 0.0361. The molecule has 15 atom stereocenters. The maximum absolute atomic E-state index is 16.3. The standard InChI is InChI=1S/C98H135BClN21O22S/c1-11-13-23-77-91(134)109-68(36-53(3)4)88(131)115-75(86(129)106-47-82(103)125)51-144-52-83(126)107-71(38-56-27-31-61(122)32-28-56)94(137)116(8)55(7)85(128)111-73(43-81(102)124)96(139)120-35-19-26-78(120)92(135)114-74-46-104-44-57-29-30-60(41-65(57)100)99(142)143-84(127)50-119-48-59(64-21-16-18-25-76(64)119)40-72(95(138)118(10)79(24-14-12-2)98(141)117(77)9)113-87(130)67(33-34-101)108-89(132)69(39-58-45-105-66-22-17-15-20-63(58)66)110-93(136)80-42-62(123)49-121(80)97(140)70(37-54(5)6)112-90(74)133/h15-18,20-22,25,27-32,41,45,48,53-55,62,67-75,77-80,104-105,122-123,142H,11-14,19,23-24,26,33-40,42-44,46-47,49-52,101H2,1-10H3,(H2,102,124)(H2,103,125)(H,106,129)(H,107,126)(H,108,132)(H,109,134)(H,110,136)(H,111,128)(H,112,133)(H,113,130)(H,114,135)(H,115,131)/t55-,62+,67-,68-,69-,70-,71-,72-,73-,74-,75-,77-,78-,79-,80-/m0/s1. The third-order valence-electron chi connectivity index (χ3n) is 26.1. The Kier molecular flexibility index (Phi) is 41.4. The van der Waals surface area contributed by atoms with Crippen LogP contribution in [0.4, 0.5) is 0 Å². The zero-order valence-electron chi connectivity index (χ0n) is 82.7. The predicted molar refractivity (Wildman–Crippen MR) is 535 cm³/mol. The van der Waals surface area contributed by atoms with Gasteiger partial charge >= 0.3 is 13.1 Å². The van der Waals surface area contributed by atoms with Crippen LogP contribution in [0.1, 0.15) is 154 Å². The van der Waals surface area contributed by atoms with Gasteiger partial charge in [-0.2, -0.15) is 0 Å². The molecule has 0 aliphatic carbocycles. The first-order valence-electron chi connectivity index (χ1n) is 48.7. The van der Waals surface area contributed by atoms with E-state index in [2.05, 4.69) is 63.5 Å². The topological polar surface area (TPSA) is 624 Å². The Bertz CT molecular complexity index is 5650. The second-order valence-electron chi connectivity index (χ2n) is 38.0. The van der Waals surface area contributed by atoms with Crippen LogP contribution in [0.3, 0.4) is 0 Å². The minimum atomic E-state index is -1.96. The largest absolute Gasteiger partial charge is 0.562 e. The van der Waals surface area contributed by atoms with Crippen molar-refractivity contribution < 1.29 is 106 Å². The van der Waals surface area contributed by atoms with Gasteiger partial charge in [-0.3, -0.25) is 86.3 Å². The Morgan fingerprint density at radius 1 is 0.604 bits per heavy atom. The maximum atomic E-state index is 16.3. The maximum Gasteiger partial charge on any atom is 0.562 e. The number of unbranched alkanes of at least 4 members (excludes halogenated alkanes) is 2. The molecule has 144 heavy (non-hydrogen) atoms.